The average Bonchev–Trinajstić information content (AvgIpc) is 3.16. The van der Waals surface area contributed by atoms with Crippen molar-refractivity contribution >= 4 is 22.6 Å². The molecule has 2 aromatic rings. The van der Waals surface area contributed by atoms with E-state index in [0.29, 0.717) is 6.04 Å². The number of rotatable bonds is 5. The van der Waals surface area contributed by atoms with E-state index in [-0.39, 0.29) is 17.7 Å². The van der Waals surface area contributed by atoms with Crippen LogP contribution in [0.15, 0.2) is 29.6 Å². The third-order valence-corrected chi connectivity index (χ3v) is 6.19. The zero-order chi connectivity index (χ0) is 21.0. The van der Waals surface area contributed by atoms with Gasteiger partial charge in [0.2, 0.25) is 0 Å². The van der Waals surface area contributed by atoms with E-state index >= 15 is 0 Å². The zero-order valence-electron chi connectivity index (χ0n) is 17.9. The van der Waals surface area contributed by atoms with Crippen LogP contribution < -0.4 is 10.1 Å². The number of carbonyl (C=O) groups excluding carboxylic acids is 1. The summed E-state index contributed by atoms with van der Waals surface area (Å²) in [6.07, 6.45) is 3.42. The maximum absolute atomic E-state index is 12.3. The van der Waals surface area contributed by atoms with Crippen molar-refractivity contribution in [2.75, 3.05) is 19.5 Å². The Morgan fingerprint density at radius 3 is 2.62 bits per heavy atom. The maximum Gasteiger partial charge on any atom is 0.410 e. The first kappa shape index (κ1) is 21.4. The van der Waals surface area contributed by atoms with E-state index < -0.39 is 0 Å². The summed E-state index contributed by atoms with van der Waals surface area (Å²) in [6.45, 7) is 6.01. The number of nitrogens with zero attached hydrogens (tertiary/aromatic N) is 2. The van der Waals surface area contributed by atoms with E-state index in [1.54, 1.807) is 30.4 Å². The molecule has 3 rings (SSSR count). The van der Waals surface area contributed by atoms with Gasteiger partial charge in [-0.05, 0) is 58.6 Å². The number of nitrogens with one attached hydrogen (secondary N) is 1. The predicted octanol–water partition coefficient (Wildman–Crippen LogP) is 5.41. The highest BCUT2D eigenvalue weighted by atomic mass is 32.1. The molecule has 1 amide bonds. The number of hydrogen-bond acceptors (Lipinski definition) is 6. The molecule has 1 aliphatic rings. The molecule has 29 heavy (non-hydrogen) atoms. The van der Waals surface area contributed by atoms with E-state index in [4.69, 9.17) is 14.5 Å². The molecule has 1 saturated carbocycles. The van der Waals surface area contributed by atoms with E-state index in [1.807, 2.05) is 45.0 Å². The highest BCUT2D eigenvalue weighted by Gasteiger charge is 2.29. The molecule has 1 aliphatic carbocycles. The highest BCUT2D eigenvalue weighted by Crippen LogP contribution is 2.30. The molecule has 0 unspecified atom stereocenters. The molecule has 0 saturated heterocycles. The van der Waals surface area contributed by atoms with Gasteiger partial charge in [-0.2, -0.15) is 0 Å². The Morgan fingerprint density at radius 1 is 1.24 bits per heavy atom. The van der Waals surface area contributed by atoms with Gasteiger partial charge in [-0.3, -0.25) is 0 Å². The molecule has 1 fully saturated rings. The first-order valence-corrected chi connectivity index (χ1v) is 10.9. The average molecular weight is 418 g/mol. The summed E-state index contributed by atoms with van der Waals surface area (Å²) in [5.74, 6) is 0.829. The smallest absolute Gasteiger partial charge is 0.410 e. The lowest BCUT2D eigenvalue weighted by Gasteiger charge is -2.34. The molecule has 0 bridgehead atoms. The third-order valence-electron chi connectivity index (χ3n) is 5.42. The van der Waals surface area contributed by atoms with Crippen molar-refractivity contribution in [3.63, 3.8) is 0 Å². The van der Waals surface area contributed by atoms with Crippen LogP contribution in [0.2, 0.25) is 0 Å². The van der Waals surface area contributed by atoms with Gasteiger partial charge in [0.15, 0.2) is 5.13 Å². The molecule has 0 radical (unpaired) electrons. The first-order chi connectivity index (χ1) is 13.8. The molecule has 6 nitrogen and oxygen atoms in total. The number of methoxy groups -OCH3 is 1. The quantitative estimate of drug-likeness (QED) is 0.705. The summed E-state index contributed by atoms with van der Waals surface area (Å²) >= 11 is 1.61. The van der Waals surface area contributed by atoms with Gasteiger partial charge in [-0.1, -0.05) is 12.1 Å². The molecule has 1 heterocycles. The molecular weight excluding hydrogens is 386 g/mol. The second-order valence-electron chi connectivity index (χ2n) is 8.50. The Kier molecular flexibility index (Phi) is 6.67. The normalized spacial score (nSPS) is 19.5. The summed E-state index contributed by atoms with van der Waals surface area (Å²) < 4.78 is 11.0. The molecule has 1 aromatic heterocycles. The maximum atomic E-state index is 12.3. The van der Waals surface area contributed by atoms with Gasteiger partial charge in [-0.25, -0.2) is 9.78 Å². The summed E-state index contributed by atoms with van der Waals surface area (Å²) in [5.41, 5.74) is 1.76. The van der Waals surface area contributed by atoms with Crippen LogP contribution in [0.5, 0.6) is 5.75 Å². The Balaban J connectivity index is 1.50. The van der Waals surface area contributed by atoms with E-state index in [1.165, 1.54) is 0 Å². The van der Waals surface area contributed by atoms with Crippen molar-refractivity contribution < 1.29 is 14.3 Å². The predicted molar refractivity (Wildman–Crippen MR) is 118 cm³/mol. The van der Waals surface area contributed by atoms with Crippen LogP contribution in [-0.4, -0.2) is 47.8 Å². The third kappa shape index (κ3) is 5.63. The molecule has 0 spiro atoms. The van der Waals surface area contributed by atoms with Gasteiger partial charge >= 0.3 is 6.09 Å². The number of amides is 1. The van der Waals surface area contributed by atoms with Gasteiger partial charge in [0.25, 0.3) is 0 Å². The SMILES string of the molecule is COc1cccc(-c2csc(NC3CCC(OC(=O)N(C)C(C)(C)C)CC3)n2)c1. The van der Waals surface area contributed by atoms with Crippen molar-refractivity contribution in [3.8, 4) is 17.0 Å². The molecule has 158 valence electrons. The minimum Gasteiger partial charge on any atom is -0.497 e. The number of anilines is 1. The van der Waals surface area contributed by atoms with Crippen molar-refractivity contribution in [2.45, 2.75) is 64.1 Å². The number of aromatic nitrogens is 1. The Labute approximate surface area is 177 Å². The fourth-order valence-electron chi connectivity index (χ4n) is 3.25. The lowest BCUT2D eigenvalue weighted by molar-refractivity contribution is 0.0318. The first-order valence-electron chi connectivity index (χ1n) is 10.1. The molecule has 1 aromatic carbocycles. The van der Waals surface area contributed by atoms with Crippen LogP contribution in [-0.2, 0) is 4.74 Å². The van der Waals surface area contributed by atoms with Gasteiger partial charge in [0, 0.05) is 29.6 Å². The largest absolute Gasteiger partial charge is 0.497 e. The number of ether oxygens (including phenoxy) is 2. The Bertz CT molecular complexity index is 823. The van der Waals surface area contributed by atoms with Crippen molar-refractivity contribution in [2.24, 2.45) is 0 Å². The summed E-state index contributed by atoms with van der Waals surface area (Å²) in [4.78, 5) is 18.7. The minimum absolute atomic E-state index is 0.00557. The van der Waals surface area contributed by atoms with Crippen molar-refractivity contribution in [1.82, 2.24) is 9.88 Å². The highest BCUT2D eigenvalue weighted by molar-refractivity contribution is 7.14. The minimum atomic E-state index is -0.239. The Morgan fingerprint density at radius 2 is 1.97 bits per heavy atom. The van der Waals surface area contributed by atoms with Crippen LogP contribution >= 0.6 is 11.3 Å². The van der Waals surface area contributed by atoms with Gasteiger partial charge in [0.1, 0.15) is 11.9 Å². The second-order valence-corrected chi connectivity index (χ2v) is 9.36. The summed E-state index contributed by atoms with van der Waals surface area (Å²) in [7, 11) is 3.46. The number of hydrogen-bond donors (Lipinski definition) is 1. The lowest BCUT2D eigenvalue weighted by atomic mass is 9.93. The van der Waals surface area contributed by atoms with Crippen LogP contribution in [0.3, 0.4) is 0 Å². The Hall–Kier alpha value is -2.28. The summed E-state index contributed by atoms with van der Waals surface area (Å²) in [5, 5.41) is 6.53. The van der Waals surface area contributed by atoms with Gasteiger partial charge in [-0.15, -0.1) is 11.3 Å². The van der Waals surface area contributed by atoms with Crippen LogP contribution in [0.25, 0.3) is 11.3 Å². The lowest BCUT2D eigenvalue weighted by Crippen LogP contribution is -2.44. The van der Waals surface area contributed by atoms with E-state index in [9.17, 15) is 4.79 Å². The molecular formula is C22H31N3O3S. The van der Waals surface area contributed by atoms with Gasteiger partial charge < -0.3 is 19.7 Å². The fourth-order valence-corrected chi connectivity index (χ4v) is 4.05. The van der Waals surface area contributed by atoms with Crippen LogP contribution in [0.1, 0.15) is 46.5 Å². The van der Waals surface area contributed by atoms with Gasteiger partial charge in [0.05, 0.1) is 12.8 Å². The van der Waals surface area contributed by atoms with E-state index in [0.717, 1.165) is 47.8 Å². The topological polar surface area (TPSA) is 63.7 Å². The van der Waals surface area contributed by atoms with Crippen LogP contribution in [0, 0.1) is 0 Å². The summed E-state index contributed by atoms with van der Waals surface area (Å²) in [6, 6.07) is 8.29. The standard InChI is InChI=1S/C22H31N3O3S/c1-22(2,3)25(4)21(26)28-17-11-9-16(10-12-17)23-20-24-19(14-29-20)15-7-6-8-18(13-15)27-5/h6-8,13-14,16-17H,9-12H2,1-5H3,(H,23,24). The fraction of sp³-hybridized carbons (Fsp3) is 0.545. The monoisotopic (exact) mass is 417 g/mol. The molecule has 0 atom stereocenters. The molecule has 0 aliphatic heterocycles. The molecule has 7 heteroatoms. The number of benzene rings is 1. The molecule has 1 N–H and O–H groups in total. The zero-order valence-corrected chi connectivity index (χ0v) is 18.7. The van der Waals surface area contributed by atoms with E-state index in [2.05, 4.69) is 10.7 Å². The number of thiazole rings is 1. The number of carbonyl (C=O) groups is 1. The van der Waals surface area contributed by atoms with Crippen molar-refractivity contribution in [3.05, 3.63) is 29.6 Å². The van der Waals surface area contributed by atoms with Crippen LogP contribution in [0.4, 0.5) is 9.93 Å². The van der Waals surface area contributed by atoms with Crippen molar-refractivity contribution in [1.29, 1.82) is 0 Å². The second kappa shape index (κ2) is 9.03.